The lowest BCUT2D eigenvalue weighted by molar-refractivity contribution is -0.142. The van der Waals surface area contributed by atoms with Crippen LogP contribution in [0.25, 0.3) is 0 Å². The average Bonchev–Trinajstić information content (AvgIpc) is 3.43. The van der Waals surface area contributed by atoms with Crippen molar-refractivity contribution in [1.29, 1.82) is 0 Å². The van der Waals surface area contributed by atoms with Crippen LogP contribution in [0.15, 0.2) is 65.7 Å². The van der Waals surface area contributed by atoms with E-state index in [0.29, 0.717) is 17.5 Å². The first-order valence-electron chi connectivity index (χ1n) is 26.7. The van der Waals surface area contributed by atoms with E-state index in [0.717, 1.165) is 0 Å². The molecule has 0 radical (unpaired) electrons. The Morgan fingerprint density at radius 2 is 0.926 bits per heavy atom. The summed E-state index contributed by atoms with van der Waals surface area (Å²) in [6.45, 7) is 9.46. The molecule has 448 valence electrons. The molecule has 10 atom stereocenters. The summed E-state index contributed by atoms with van der Waals surface area (Å²) in [5.41, 5.74) is 17.8. The molecule has 0 aliphatic carbocycles. The summed E-state index contributed by atoms with van der Waals surface area (Å²) in [4.78, 5) is 151. The van der Waals surface area contributed by atoms with Gasteiger partial charge in [-0.05, 0) is 61.0 Å². The molecular weight excluding hydrogens is 1060 g/mol. The Bertz CT molecular complexity index is 2460. The molecule has 27 nitrogen and oxygen atoms in total. The SMILES string of the molecule is CC[C@H](C)[C@H](NC(=O)[C@H](Cc1ccccc1)NC(=O)[C@H](CO)NC(=O)[C@@H](N)CCCN=C(N)N)C(=O)N[C@@H](CCC(=O)O)C(=O)N[C@@H](CC(=O)O)C(=O)N[C@@H](CC(C)C)C(=O)N[C@@H](CC(C)C)C(=O)N[C@@H](Cc1ccccc1)C(=O)O. The van der Waals surface area contributed by atoms with Gasteiger partial charge in [-0.25, -0.2) is 4.79 Å². The van der Waals surface area contributed by atoms with E-state index in [1.807, 2.05) is 0 Å². The van der Waals surface area contributed by atoms with Crippen LogP contribution in [0.4, 0.5) is 0 Å². The first-order valence-corrected chi connectivity index (χ1v) is 26.7. The number of aliphatic hydroxyl groups is 1. The average molecular weight is 1140 g/mol. The van der Waals surface area contributed by atoms with Crippen LogP contribution in [-0.4, -0.2) is 159 Å². The molecule has 2 rings (SSSR count). The number of hydrogen-bond donors (Lipinski definition) is 15. The maximum Gasteiger partial charge on any atom is 0.326 e. The molecule has 0 aromatic heterocycles. The van der Waals surface area contributed by atoms with Crippen LogP contribution >= 0.6 is 0 Å². The van der Waals surface area contributed by atoms with E-state index in [-0.39, 0.29) is 62.9 Å². The molecule has 0 aliphatic heterocycles. The number of hydrogen-bond acceptors (Lipinski definition) is 14. The zero-order valence-corrected chi connectivity index (χ0v) is 46.6. The number of nitrogens with one attached hydrogen (secondary N) is 8. The Balaban J connectivity index is 2.42. The quantitative estimate of drug-likeness (QED) is 0.0203. The standard InChI is InChI=1S/C54H82N12O15/c1-7-31(6)44(66-50(77)38(25-32-15-10-8-11-16-32)62-51(78)41(28-67)65-45(72)34(55)19-14-22-58-54(56)57)52(79)59-35(20-21-42(68)69)46(73)63-39(27-43(70)71)49(76)61-36(23-29(2)3)47(74)60-37(24-30(4)5)48(75)64-40(53(80)81)26-33-17-12-9-13-18-33/h8-13,15-18,29-31,34-41,44,67H,7,14,19-28,55H2,1-6H3,(H,59,79)(H,60,74)(H,61,76)(H,62,78)(H,63,73)(H,64,75)(H,65,72)(H,66,77)(H,68,69)(H,70,71)(H,80,81)(H4,56,57,58)/t31-,34-,35-,36-,37-,38-,39-,40-,41-,44-/m0/s1. The highest BCUT2D eigenvalue weighted by atomic mass is 16.4. The number of benzene rings is 2. The van der Waals surface area contributed by atoms with Crippen LogP contribution in [0, 0.1) is 17.8 Å². The number of rotatable bonds is 37. The highest BCUT2D eigenvalue weighted by Crippen LogP contribution is 2.15. The van der Waals surface area contributed by atoms with E-state index < -0.39 is 151 Å². The van der Waals surface area contributed by atoms with E-state index in [1.54, 1.807) is 102 Å². The zero-order valence-electron chi connectivity index (χ0n) is 46.6. The molecule has 0 saturated heterocycles. The molecule has 0 aliphatic rings. The summed E-state index contributed by atoms with van der Waals surface area (Å²) in [5, 5.41) is 59.3. The third-order valence-electron chi connectivity index (χ3n) is 12.7. The molecular formula is C54H82N12O15. The lowest BCUT2D eigenvalue weighted by atomic mass is 9.96. The van der Waals surface area contributed by atoms with Crippen LogP contribution in [0.2, 0.25) is 0 Å². The fraction of sp³-hybridized carbons (Fsp3) is 0.556. The molecule has 0 spiro atoms. The number of nitrogens with zero attached hydrogens (tertiary/aromatic N) is 1. The van der Waals surface area contributed by atoms with Crippen molar-refractivity contribution in [3.8, 4) is 0 Å². The third kappa shape index (κ3) is 26.1. The first-order chi connectivity index (χ1) is 38.1. The Kier molecular flexibility index (Phi) is 30.1. The van der Waals surface area contributed by atoms with Crippen molar-refractivity contribution in [2.24, 2.45) is 39.9 Å². The van der Waals surface area contributed by atoms with Gasteiger partial charge in [-0.15, -0.1) is 0 Å². The predicted molar refractivity (Wildman–Crippen MR) is 296 cm³/mol. The second-order valence-corrected chi connectivity index (χ2v) is 20.5. The first kappa shape index (κ1) is 68.9. The van der Waals surface area contributed by atoms with Gasteiger partial charge in [0.2, 0.25) is 47.3 Å². The van der Waals surface area contributed by atoms with Crippen LogP contribution in [0.5, 0.6) is 0 Å². The van der Waals surface area contributed by atoms with E-state index >= 15 is 0 Å². The van der Waals surface area contributed by atoms with Crippen molar-refractivity contribution in [1.82, 2.24) is 42.5 Å². The highest BCUT2D eigenvalue weighted by Gasteiger charge is 2.37. The summed E-state index contributed by atoms with van der Waals surface area (Å²) in [6.07, 6.45) is -2.03. The van der Waals surface area contributed by atoms with E-state index in [1.165, 1.54) is 0 Å². The number of aliphatic hydroxyl groups excluding tert-OH is 1. The maximum atomic E-state index is 14.3. The lowest BCUT2D eigenvalue weighted by Crippen LogP contribution is -2.61. The zero-order chi connectivity index (χ0) is 60.9. The monoisotopic (exact) mass is 1140 g/mol. The molecule has 0 bridgehead atoms. The molecule has 0 fully saturated rings. The molecule has 18 N–H and O–H groups in total. The fourth-order valence-electron chi connectivity index (χ4n) is 8.14. The predicted octanol–water partition coefficient (Wildman–Crippen LogP) is -1.71. The van der Waals surface area contributed by atoms with Crippen molar-refractivity contribution in [3.63, 3.8) is 0 Å². The van der Waals surface area contributed by atoms with Crippen molar-refractivity contribution < 1.29 is 73.2 Å². The van der Waals surface area contributed by atoms with Crippen molar-refractivity contribution in [3.05, 3.63) is 71.8 Å². The third-order valence-corrected chi connectivity index (χ3v) is 12.7. The second-order valence-electron chi connectivity index (χ2n) is 20.5. The van der Waals surface area contributed by atoms with E-state index in [4.69, 9.17) is 17.2 Å². The number of guanidine groups is 1. The van der Waals surface area contributed by atoms with Crippen molar-refractivity contribution >= 4 is 71.1 Å². The summed E-state index contributed by atoms with van der Waals surface area (Å²) in [5.74, 6) is -13.6. The van der Waals surface area contributed by atoms with Gasteiger partial charge >= 0.3 is 17.9 Å². The van der Waals surface area contributed by atoms with Crippen LogP contribution in [0.3, 0.4) is 0 Å². The number of carbonyl (C=O) groups excluding carboxylic acids is 8. The lowest BCUT2D eigenvalue weighted by Gasteiger charge is -2.29. The summed E-state index contributed by atoms with van der Waals surface area (Å²) >= 11 is 0. The smallest absolute Gasteiger partial charge is 0.326 e. The number of aliphatic carboxylic acids is 3. The normalized spacial score (nSPS) is 14.8. The van der Waals surface area contributed by atoms with Gasteiger partial charge in [0, 0.05) is 25.8 Å². The number of carboxylic acids is 3. The van der Waals surface area contributed by atoms with Gasteiger partial charge in [0.1, 0.15) is 48.3 Å². The fourth-order valence-corrected chi connectivity index (χ4v) is 8.14. The number of amides is 8. The molecule has 8 amide bonds. The Labute approximate surface area is 470 Å². The molecule has 0 unspecified atom stereocenters. The Hall–Kier alpha value is -8.20. The Morgan fingerprint density at radius 3 is 1.38 bits per heavy atom. The van der Waals surface area contributed by atoms with Crippen LogP contribution in [0.1, 0.15) is 104 Å². The topological polar surface area (TPSA) is 455 Å². The van der Waals surface area contributed by atoms with Crippen molar-refractivity contribution in [2.75, 3.05) is 13.2 Å². The molecule has 27 heteroatoms. The van der Waals surface area contributed by atoms with E-state index in [2.05, 4.69) is 47.5 Å². The molecule has 0 heterocycles. The number of aliphatic imine (C=N–C) groups is 1. The van der Waals surface area contributed by atoms with Gasteiger partial charge in [0.15, 0.2) is 5.96 Å². The maximum absolute atomic E-state index is 14.3. The number of nitrogens with two attached hydrogens (primary N) is 3. The Morgan fingerprint density at radius 1 is 0.506 bits per heavy atom. The summed E-state index contributed by atoms with van der Waals surface area (Å²) < 4.78 is 0. The largest absolute Gasteiger partial charge is 0.481 e. The minimum Gasteiger partial charge on any atom is -0.481 e. The number of carbonyl (C=O) groups is 11. The minimum absolute atomic E-state index is 0.0404. The highest BCUT2D eigenvalue weighted by molar-refractivity contribution is 5.99. The molecule has 2 aromatic rings. The minimum atomic E-state index is -1.95. The van der Waals surface area contributed by atoms with Gasteiger partial charge in [-0.1, -0.05) is 109 Å². The molecule has 0 saturated carbocycles. The van der Waals surface area contributed by atoms with Crippen molar-refractivity contribution in [2.45, 2.75) is 160 Å². The van der Waals surface area contributed by atoms with Crippen LogP contribution in [-0.2, 0) is 65.6 Å². The molecule has 2 aromatic carbocycles. The van der Waals surface area contributed by atoms with Gasteiger partial charge in [0.05, 0.1) is 19.1 Å². The van der Waals surface area contributed by atoms with Gasteiger partial charge in [-0.2, -0.15) is 0 Å². The summed E-state index contributed by atoms with van der Waals surface area (Å²) in [6, 6.07) is 3.35. The van der Waals surface area contributed by atoms with Crippen LogP contribution < -0.4 is 59.7 Å². The van der Waals surface area contributed by atoms with Gasteiger partial charge in [0.25, 0.3) is 0 Å². The second kappa shape index (κ2) is 35.4. The number of carboxylic acid groups (broad SMARTS) is 3. The summed E-state index contributed by atoms with van der Waals surface area (Å²) in [7, 11) is 0. The van der Waals surface area contributed by atoms with Gasteiger partial charge in [-0.3, -0.25) is 52.9 Å². The van der Waals surface area contributed by atoms with Gasteiger partial charge < -0.3 is 80.2 Å². The molecule has 81 heavy (non-hydrogen) atoms. The van der Waals surface area contributed by atoms with E-state index in [9.17, 15) is 73.2 Å².